The van der Waals surface area contributed by atoms with Crippen LogP contribution in [0.25, 0.3) is 0 Å². The van der Waals surface area contributed by atoms with Gasteiger partial charge in [-0.15, -0.1) is 0 Å². The van der Waals surface area contributed by atoms with E-state index in [1.54, 1.807) is 34.1 Å². The van der Waals surface area contributed by atoms with E-state index in [9.17, 15) is 8.42 Å². The number of nitrogens with one attached hydrogen (secondary N) is 1. The van der Waals surface area contributed by atoms with Crippen molar-refractivity contribution in [3.8, 4) is 11.5 Å². The smallest absolute Gasteiger partial charge is 0.154 e. The third-order valence-electron chi connectivity index (χ3n) is 3.38. The van der Waals surface area contributed by atoms with Crippen LogP contribution >= 0.6 is 0 Å². The first-order valence-electron chi connectivity index (χ1n) is 7.02. The highest BCUT2D eigenvalue weighted by atomic mass is 32.2. The molecule has 1 rings (SSSR count). The Balaban J connectivity index is 3.17. The molecule has 0 aliphatic carbocycles. The highest BCUT2D eigenvalue weighted by Gasteiger charge is 2.25. The van der Waals surface area contributed by atoms with Crippen LogP contribution in [-0.4, -0.2) is 40.2 Å². The fraction of sp³-hybridized carbons (Fsp3) is 0.600. The third-order valence-corrected chi connectivity index (χ3v) is 5.62. The van der Waals surface area contributed by atoms with Crippen molar-refractivity contribution in [1.82, 2.24) is 5.32 Å². The van der Waals surface area contributed by atoms with Crippen molar-refractivity contribution in [2.45, 2.75) is 32.1 Å². The van der Waals surface area contributed by atoms with Gasteiger partial charge in [0.15, 0.2) is 9.84 Å². The molecule has 6 heteroatoms. The fourth-order valence-corrected chi connectivity index (χ4v) is 3.18. The van der Waals surface area contributed by atoms with Gasteiger partial charge in [-0.1, -0.05) is 13.0 Å². The molecule has 5 nitrogen and oxygen atoms in total. The van der Waals surface area contributed by atoms with Crippen molar-refractivity contribution >= 4 is 9.84 Å². The average Bonchev–Trinajstić information content (AvgIpc) is 2.45. The Morgan fingerprint density at radius 1 is 1.19 bits per heavy atom. The van der Waals surface area contributed by atoms with Gasteiger partial charge in [0.2, 0.25) is 0 Å². The summed E-state index contributed by atoms with van der Waals surface area (Å²) in [4.78, 5) is 0. The van der Waals surface area contributed by atoms with Crippen LogP contribution in [0.1, 0.15) is 32.4 Å². The van der Waals surface area contributed by atoms with E-state index >= 15 is 0 Å². The fourth-order valence-electron chi connectivity index (χ4n) is 2.04. The highest BCUT2D eigenvalue weighted by Crippen LogP contribution is 2.30. The third kappa shape index (κ3) is 4.61. The number of sulfone groups is 1. The summed E-state index contributed by atoms with van der Waals surface area (Å²) in [6.45, 7) is 6.02. The molecular weight excluding hydrogens is 290 g/mol. The molecule has 0 fully saturated rings. The maximum atomic E-state index is 12.2. The standard InChI is InChI=1S/C15H25NO4S/c1-6-16-14(10-21(17,18)11(2)3)13-8-7-12(19-4)9-15(13)20-5/h7-9,11,14,16H,6,10H2,1-5H3. The maximum absolute atomic E-state index is 12.2. The second-order valence-corrected chi connectivity index (χ2v) is 7.70. The van der Waals surface area contributed by atoms with Gasteiger partial charge in [-0.2, -0.15) is 0 Å². The van der Waals surface area contributed by atoms with Gasteiger partial charge >= 0.3 is 0 Å². The van der Waals surface area contributed by atoms with Gasteiger partial charge in [-0.3, -0.25) is 0 Å². The largest absolute Gasteiger partial charge is 0.497 e. The summed E-state index contributed by atoms with van der Waals surface area (Å²) in [6.07, 6.45) is 0. The van der Waals surface area contributed by atoms with Gasteiger partial charge in [0, 0.05) is 17.7 Å². The van der Waals surface area contributed by atoms with Gasteiger partial charge in [0.1, 0.15) is 11.5 Å². The molecule has 0 aromatic heterocycles. The van der Waals surface area contributed by atoms with E-state index in [0.717, 1.165) is 5.56 Å². The number of methoxy groups -OCH3 is 2. The van der Waals surface area contributed by atoms with Crippen LogP contribution in [-0.2, 0) is 9.84 Å². The number of rotatable bonds is 8. The summed E-state index contributed by atoms with van der Waals surface area (Å²) in [5, 5.41) is 2.82. The van der Waals surface area contributed by atoms with Crippen LogP contribution in [0.15, 0.2) is 18.2 Å². The summed E-state index contributed by atoms with van der Waals surface area (Å²) in [7, 11) is -0.00726. The molecule has 0 radical (unpaired) electrons. The van der Waals surface area contributed by atoms with E-state index in [0.29, 0.717) is 18.0 Å². The van der Waals surface area contributed by atoms with Gasteiger partial charge in [0.05, 0.1) is 25.2 Å². The van der Waals surface area contributed by atoms with Crippen LogP contribution in [0.4, 0.5) is 0 Å². The molecule has 0 aliphatic rings. The Morgan fingerprint density at radius 2 is 1.86 bits per heavy atom. The van der Waals surface area contributed by atoms with Crippen molar-refractivity contribution in [1.29, 1.82) is 0 Å². The minimum absolute atomic E-state index is 0.0429. The van der Waals surface area contributed by atoms with Crippen LogP contribution in [0.3, 0.4) is 0 Å². The first-order chi connectivity index (χ1) is 9.85. The molecule has 0 spiro atoms. The Hall–Kier alpha value is -1.27. The maximum Gasteiger partial charge on any atom is 0.154 e. The quantitative estimate of drug-likeness (QED) is 0.796. The molecule has 21 heavy (non-hydrogen) atoms. The van der Waals surface area contributed by atoms with E-state index in [4.69, 9.17) is 9.47 Å². The van der Waals surface area contributed by atoms with Crippen LogP contribution in [0, 0.1) is 0 Å². The number of benzene rings is 1. The molecule has 0 bridgehead atoms. The zero-order valence-electron chi connectivity index (χ0n) is 13.3. The molecule has 0 aliphatic heterocycles. The molecule has 1 N–H and O–H groups in total. The Morgan fingerprint density at radius 3 is 2.33 bits per heavy atom. The molecule has 1 unspecified atom stereocenters. The van der Waals surface area contributed by atoms with E-state index in [-0.39, 0.29) is 11.8 Å². The molecule has 0 amide bonds. The van der Waals surface area contributed by atoms with E-state index in [1.165, 1.54) is 0 Å². The zero-order chi connectivity index (χ0) is 16.0. The molecule has 1 aromatic rings. The van der Waals surface area contributed by atoms with Crippen LogP contribution in [0.5, 0.6) is 11.5 Å². The lowest BCUT2D eigenvalue weighted by Gasteiger charge is -2.22. The summed E-state index contributed by atoms with van der Waals surface area (Å²) < 4.78 is 35.0. The van der Waals surface area contributed by atoms with Gasteiger partial charge in [-0.25, -0.2) is 8.42 Å². The SMILES string of the molecule is CCNC(CS(=O)(=O)C(C)C)c1ccc(OC)cc1OC. The zero-order valence-corrected chi connectivity index (χ0v) is 14.2. The second kappa shape index (κ2) is 7.66. The van der Waals surface area contributed by atoms with Crippen LogP contribution < -0.4 is 14.8 Å². The molecule has 0 heterocycles. The lowest BCUT2D eigenvalue weighted by molar-refractivity contribution is 0.386. The van der Waals surface area contributed by atoms with Crippen LogP contribution in [0.2, 0.25) is 0 Å². The normalized spacial score (nSPS) is 13.2. The van der Waals surface area contributed by atoms with Gasteiger partial charge in [-0.05, 0) is 26.5 Å². The minimum atomic E-state index is -3.16. The number of hydrogen-bond acceptors (Lipinski definition) is 5. The summed E-state index contributed by atoms with van der Waals surface area (Å²) >= 11 is 0. The van der Waals surface area contributed by atoms with Crippen molar-refractivity contribution in [3.63, 3.8) is 0 Å². The molecule has 1 aromatic carbocycles. The summed E-state index contributed by atoms with van der Waals surface area (Å²) in [5.41, 5.74) is 0.823. The first kappa shape index (κ1) is 17.8. The van der Waals surface area contributed by atoms with Gasteiger partial charge in [0.25, 0.3) is 0 Å². The second-order valence-electron chi connectivity index (χ2n) is 5.10. The predicted octanol–water partition coefficient (Wildman–Crippen LogP) is 2.18. The number of hydrogen-bond donors (Lipinski definition) is 1. The minimum Gasteiger partial charge on any atom is -0.497 e. The average molecular weight is 315 g/mol. The van der Waals surface area contributed by atoms with E-state index in [2.05, 4.69) is 5.32 Å². The van der Waals surface area contributed by atoms with Gasteiger partial charge < -0.3 is 14.8 Å². The molecular formula is C15H25NO4S. The first-order valence-corrected chi connectivity index (χ1v) is 8.74. The Labute approximate surface area is 127 Å². The van der Waals surface area contributed by atoms with Crippen molar-refractivity contribution in [2.75, 3.05) is 26.5 Å². The monoisotopic (exact) mass is 315 g/mol. The predicted molar refractivity (Wildman–Crippen MR) is 84.9 cm³/mol. The Kier molecular flexibility index (Phi) is 6.48. The molecule has 120 valence electrons. The Bertz CT molecular complexity index is 555. The van der Waals surface area contributed by atoms with Crippen molar-refractivity contribution in [2.24, 2.45) is 0 Å². The highest BCUT2D eigenvalue weighted by molar-refractivity contribution is 7.92. The lowest BCUT2D eigenvalue weighted by atomic mass is 10.1. The number of ether oxygens (including phenoxy) is 2. The molecule has 0 saturated heterocycles. The summed E-state index contributed by atoms with van der Waals surface area (Å²) in [6, 6.07) is 5.12. The summed E-state index contributed by atoms with van der Waals surface area (Å²) in [5.74, 6) is 1.35. The van der Waals surface area contributed by atoms with E-state index < -0.39 is 15.1 Å². The molecule has 1 atom stereocenters. The van der Waals surface area contributed by atoms with E-state index in [1.807, 2.05) is 19.1 Å². The molecule has 0 saturated carbocycles. The van der Waals surface area contributed by atoms with Crippen molar-refractivity contribution in [3.05, 3.63) is 23.8 Å². The lowest BCUT2D eigenvalue weighted by Crippen LogP contribution is -2.31. The van der Waals surface area contributed by atoms with Crippen molar-refractivity contribution < 1.29 is 17.9 Å². The topological polar surface area (TPSA) is 64.6 Å².